The average molecular weight is 308 g/mol. The van der Waals surface area contributed by atoms with E-state index in [1.54, 1.807) is 11.3 Å². The van der Waals surface area contributed by atoms with Crippen LogP contribution in [0.2, 0.25) is 0 Å². The first-order valence-electron chi connectivity index (χ1n) is 8.23. The Labute approximate surface area is 132 Å². The molecule has 1 amide bonds. The number of carbonyl (C=O) groups excluding carboxylic acids is 1. The number of rotatable bonds is 6. The lowest BCUT2D eigenvalue weighted by atomic mass is 10.1. The molecule has 0 bridgehead atoms. The van der Waals surface area contributed by atoms with Gasteiger partial charge in [0.1, 0.15) is 0 Å². The second-order valence-electron chi connectivity index (χ2n) is 6.07. The van der Waals surface area contributed by atoms with Gasteiger partial charge < -0.3 is 4.90 Å². The third-order valence-electron chi connectivity index (χ3n) is 4.42. The molecule has 1 saturated heterocycles. The van der Waals surface area contributed by atoms with Crippen molar-refractivity contribution >= 4 is 17.2 Å². The zero-order valence-electron chi connectivity index (χ0n) is 13.4. The lowest BCUT2D eigenvalue weighted by Gasteiger charge is -2.27. The van der Waals surface area contributed by atoms with Gasteiger partial charge in [-0.05, 0) is 42.2 Å². The van der Waals surface area contributed by atoms with Crippen molar-refractivity contribution in [3.63, 3.8) is 0 Å². The standard InChI is InChI=1S/C17H28N2OS/c1-3-4-6-15(2)18-8-5-9-19(11-10-18)17(20)13-16-7-12-21-14-16/h7,12,14-15H,3-6,8-11,13H2,1-2H3. The summed E-state index contributed by atoms with van der Waals surface area (Å²) < 4.78 is 0. The molecule has 1 aliphatic rings. The van der Waals surface area contributed by atoms with Crippen molar-refractivity contribution in [2.45, 2.75) is 52.0 Å². The van der Waals surface area contributed by atoms with E-state index in [1.807, 2.05) is 5.38 Å². The second kappa shape index (κ2) is 8.54. The molecule has 0 aliphatic carbocycles. The molecule has 2 heterocycles. The van der Waals surface area contributed by atoms with E-state index in [0.717, 1.165) is 38.2 Å². The van der Waals surface area contributed by atoms with E-state index >= 15 is 0 Å². The first-order valence-corrected chi connectivity index (χ1v) is 9.18. The molecule has 1 aliphatic heterocycles. The lowest BCUT2D eigenvalue weighted by Crippen LogP contribution is -2.38. The number of hydrogen-bond acceptors (Lipinski definition) is 3. The summed E-state index contributed by atoms with van der Waals surface area (Å²) in [4.78, 5) is 17.0. The highest BCUT2D eigenvalue weighted by Gasteiger charge is 2.21. The Morgan fingerprint density at radius 3 is 2.90 bits per heavy atom. The van der Waals surface area contributed by atoms with Crippen molar-refractivity contribution in [2.24, 2.45) is 0 Å². The minimum absolute atomic E-state index is 0.288. The van der Waals surface area contributed by atoms with Crippen LogP contribution in [0.25, 0.3) is 0 Å². The van der Waals surface area contributed by atoms with E-state index in [4.69, 9.17) is 0 Å². The fraction of sp³-hybridized carbons (Fsp3) is 0.706. The van der Waals surface area contributed by atoms with Crippen LogP contribution in [-0.2, 0) is 11.2 Å². The number of unbranched alkanes of at least 4 members (excludes halogenated alkanes) is 1. The van der Waals surface area contributed by atoms with Gasteiger partial charge in [-0.3, -0.25) is 9.69 Å². The van der Waals surface area contributed by atoms with E-state index in [9.17, 15) is 4.79 Å². The molecule has 118 valence electrons. The van der Waals surface area contributed by atoms with Gasteiger partial charge in [-0.2, -0.15) is 11.3 Å². The zero-order valence-corrected chi connectivity index (χ0v) is 14.2. The summed E-state index contributed by atoms with van der Waals surface area (Å²) in [6, 6.07) is 2.70. The smallest absolute Gasteiger partial charge is 0.227 e. The van der Waals surface area contributed by atoms with Crippen LogP contribution in [0.1, 0.15) is 45.1 Å². The van der Waals surface area contributed by atoms with Crippen LogP contribution in [0.15, 0.2) is 16.8 Å². The van der Waals surface area contributed by atoms with Gasteiger partial charge in [0.2, 0.25) is 5.91 Å². The lowest BCUT2D eigenvalue weighted by molar-refractivity contribution is -0.130. The molecule has 4 heteroatoms. The number of carbonyl (C=O) groups is 1. The summed E-state index contributed by atoms with van der Waals surface area (Å²) >= 11 is 1.67. The van der Waals surface area contributed by atoms with Gasteiger partial charge in [0.15, 0.2) is 0 Å². The van der Waals surface area contributed by atoms with E-state index in [2.05, 4.69) is 35.1 Å². The van der Waals surface area contributed by atoms with Crippen LogP contribution in [0.5, 0.6) is 0 Å². The molecule has 1 atom stereocenters. The van der Waals surface area contributed by atoms with Crippen LogP contribution < -0.4 is 0 Å². The fourth-order valence-corrected chi connectivity index (χ4v) is 3.66. The molecule has 1 fully saturated rings. The minimum Gasteiger partial charge on any atom is -0.341 e. The molecule has 0 spiro atoms. The fourth-order valence-electron chi connectivity index (χ4n) is 2.99. The summed E-state index contributed by atoms with van der Waals surface area (Å²) in [7, 11) is 0. The summed E-state index contributed by atoms with van der Waals surface area (Å²) in [6.07, 6.45) is 5.52. The van der Waals surface area contributed by atoms with Crippen LogP contribution in [0, 0.1) is 0 Å². The third kappa shape index (κ3) is 5.11. The van der Waals surface area contributed by atoms with E-state index in [0.29, 0.717) is 12.5 Å². The van der Waals surface area contributed by atoms with E-state index < -0.39 is 0 Å². The van der Waals surface area contributed by atoms with Crippen molar-refractivity contribution in [1.82, 2.24) is 9.80 Å². The maximum absolute atomic E-state index is 12.4. The predicted molar refractivity (Wildman–Crippen MR) is 89.8 cm³/mol. The molecule has 0 radical (unpaired) electrons. The monoisotopic (exact) mass is 308 g/mol. The number of nitrogens with zero attached hydrogens (tertiary/aromatic N) is 2. The Balaban J connectivity index is 1.81. The highest BCUT2D eigenvalue weighted by molar-refractivity contribution is 7.07. The zero-order chi connectivity index (χ0) is 15.1. The van der Waals surface area contributed by atoms with Crippen molar-refractivity contribution in [1.29, 1.82) is 0 Å². The molecule has 0 N–H and O–H groups in total. The molecule has 1 unspecified atom stereocenters. The number of hydrogen-bond donors (Lipinski definition) is 0. The van der Waals surface area contributed by atoms with Gasteiger partial charge in [-0.1, -0.05) is 19.8 Å². The molecule has 1 aromatic heterocycles. The number of amides is 1. The van der Waals surface area contributed by atoms with Crippen LogP contribution >= 0.6 is 11.3 Å². The first-order chi connectivity index (χ1) is 10.2. The summed E-state index contributed by atoms with van der Waals surface area (Å²) in [6.45, 7) is 8.55. The van der Waals surface area contributed by atoms with Crippen LogP contribution in [0.3, 0.4) is 0 Å². The SMILES string of the molecule is CCCCC(C)N1CCCN(C(=O)Cc2ccsc2)CC1. The van der Waals surface area contributed by atoms with Gasteiger partial charge in [0.05, 0.1) is 6.42 Å². The average Bonchev–Trinajstić information content (AvgIpc) is 2.86. The Kier molecular flexibility index (Phi) is 6.71. The van der Waals surface area contributed by atoms with Gasteiger partial charge in [-0.15, -0.1) is 0 Å². The van der Waals surface area contributed by atoms with Crippen molar-refractivity contribution < 1.29 is 4.79 Å². The maximum Gasteiger partial charge on any atom is 0.227 e. The molecule has 0 saturated carbocycles. The Bertz CT molecular complexity index is 418. The maximum atomic E-state index is 12.4. The Hall–Kier alpha value is -0.870. The van der Waals surface area contributed by atoms with Gasteiger partial charge in [-0.25, -0.2) is 0 Å². The topological polar surface area (TPSA) is 23.6 Å². The van der Waals surface area contributed by atoms with Crippen LogP contribution in [-0.4, -0.2) is 47.9 Å². The molecular weight excluding hydrogens is 280 g/mol. The second-order valence-corrected chi connectivity index (χ2v) is 6.85. The van der Waals surface area contributed by atoms with Crippen molar-refractivity contribution in [3.05, 3.63) is 22.4 Å². The minimum atomic E-state index is 0.288. The predicted octanol–water partition coefficient (Wildman–Crippen LogP) is 3.40. The summed E-state index contributed by atoms with van der Waals surface area (Å²) in [5, 5.41) is 4.12. The van der Waals surface area contributed by atoms with Crippen molar-refractivity contribution in [3.8, 4) is 0 Å². The molecule has 0 aromatic carbocycles. The van der Waals surface area contributed by atoms with Crippen LogP contribution in [0.4, 0.5) is 0 Å². The Morgan fingerprint density at radius 1 is 1.33 bits per heavy atom. The quantitative estimate of drug-likeness (QED) is 0.804. The third-order valence-corrected chi connectivity index (χ3v) is 5.15. The van der Waals surface area contributed by atoms with Crippen molar-refractivity contribution in [2.75, 3.05) is 26.2 Å². The molecule has 3 nitrogen and oxygen atoms in total. The summed E-state index contributed by atoms with van der Waals surface area (Å²) in [5.41, 5.74) is 1.16. The molecular formula is C17H28N2OS. The highest BCUT2D eigenvalue weighted by Crippen LogP contribution is 2.14. The Morgan fingerprint density at radius 2 is 2.19 bits per heavy atom. The van der Waals surface area contributed by atoms with E-state index in [1.165, 1.54) is 19.3 Å². The highest BCUT2D eigenvalue weighted by atomic mass is 32.1. The number of thiophene rings is 1. The molecule has 2 rings (SSSR count). The van der Waals surface area contributed by atoms with E-state index in [-0.39, 0.29) is 5.91 Å². The van der Waals surface area contributed by atoms with Gasteiger partial charge in [0, 0.05) is 32.2 Å². The molecule has 21 heavy (non-hydrogen) atoms. The molecule has 1 aromatic rings. The van der Waals surface area contributed by atoms with Gasteiger partial charge in [0.25, 0.3) is 0 Å². The normalized spacial score (nSPS) is 18.5. The van der Waals surface area contributed by atoms with Gasteiger partial charge >= 0.3 is 0 Å². The largest absolute Gasteiger partial charge is 0.341 e. The first kappa shape index (κ1) is 16.5. The summed E-state index contributed by atoms with van der Waals surface area (Å²) in [5.74, 6) is 0.288.